The Bertz CT molecular complexity index is 569. The van der Waals surface area contributed by atoms with Crippen LogP contribution in [0.2, 0.25) is 0 Å². The third kappa shape index (κ3) is 5.07. The molecule has 2 atom stereocenters. The molecular formula is C17H26N3O5+. The van der Waals surface area contributed by atoms with Crippen molar-refractivity contribution in [2.24, 2.45) is 0 Å². The quantitative estimate of drug-likeness (QED) is 0.726. The van der Waals surface area contributed by atoms with Crippen molar-refractivity contribution in [3.63, 3.8) is 0 Å². The lowest BCUT2D eigenvalue weighted by molar-refractivity contribution is -0.699. The molecule has 0 bridgehead atoms. The van der Waals surface area contributed by atoms with Gasteiger partial charge in [0.05, 0.1) is 27.3 Å². The zero-order valence-corrected chi connectivity index (χ0v) is 14.6. The first-order valence-corrected chi connectivity index (χ1v) is 8.33. The zero-order chi connectivity index (χ0) is 18.2. The molecule has 25 heavy (non-hydrogen) atoms. The maximum absolute atomic E-state index is 11.9. The number of hydrogen-bond acceptors (Lipinski definition) is 5. The molecule has 2 amide bonds. The van der Waals surface area contributed by atoms with Crippen molar-refractivity contribution in [2.75, 3.05) is 33.9 Å². The number of aliphatic hydroxyl groups excluding tert-OH is 1. The number of benzene rings is 1. The van der Waals surface area contributed by atoms with Crippen LogP contribution >= 0.6 is 0 Å². The standard InChI is InChI=1S/C17H25N3O5/c1-24-16(22)19-11-14(15(21)12-20(19)17(23)25-2)18-10-6-9-13-7-4-3-5-8-13/h3-5,7-8,14-15,18,21H,6,9-12H2,1-2H3/p+1/t14-,15-/m0/s1. The van der Waals surface area contributed by atoms with E-state index < -0.39 is 18.3 Å². The average Bonchev–Trinajstić information content (AvgIpc) is 2.65. The Morgan fingerprint density at radius 1 is 1.12 bits per heavy atom. The van der Waals surface area contributed by atoms with E-state index in [1.54, 1.807) is 0 Å². The SMILES string of the molecule is COC(=O)N1C[C@H]([NH2+]CCCc2ccccc2)[C@@H](O)CN1C(=O)OC. The second-order valence-electron chi connectivity index (χ2n) is 5.95. The van der Waals surface area contributed by atoms with Gasteiger partial charge in [0.2, 0.25) is 0 Å². The maximum Gasteiger partial charge on any atom is 0.428 e. The van der Waals surface area contributed by atoms with Crippen LogP contribution in [-0.2, 0) is 15.9 Å². The van der Waals surface area contributed by atoms with Gasteiger partial charge in [0.15, 0.2) is 0 Å². The van der Waals surface area contributed by atoms with Gasteiger partial charge < -0.3 is 19.9 Å². The number of aryl methyl sites for hydroxylation is 1. The fourth-order valence-electron chi connectivity index (χ4n) is 2.90. The van der Waals surface area contributed by atoms with E-state index in [-0.39, 0.29) is 19.1 Å². The average molecular weight is 352 g/mol. The number of quaternary nitrogens is 1. The summed E-state index contributed by atoms with van der Waals surface area (Å²) in [6.07, 6.45) is -0.204. The number of carbonyl (C=O) groups excluding carboxylic acids is 2. The van der Waals surface area contributed by atoms with Crippen molar-refractivity contribution in [1.82, 2.24) is 10.0 Å². The second-order valence-corrected chi connectivity index (χ2v) is 5.95. The summed E-state index contributed by atoms with van der Waals surface area (Å²) in [6, 6.07) is 9.96. The van der Waals surface area contributed by atoms with Crippen LogP contribution in [0.4, 0.5) is 9.59 Å². The smallest absolute Gasteiger partial charge is 0.428 e. The highest BCUT2D eigenvalue weighted by Gasteiger charge is 2.41. The van der Waals surface area contributed by atoms with Gasteiger partial charge in [-0.3, -0.25) is 0 Å². The molecule has 2 rings (SSSR count). The van der Waals surface area contributed by atoms with Crippen LogP contribution in [0.15, 0.2) is 30.3 Å². The van der Waals surface area contributed by atoms with E-state index in [9.17, 15) is 14.7 Å². The van der Waals surface area contributed by atoms with Crippen molar-refractivity contribution in [1.29, 1.82) is 0 Å². The van der Waals surface area contributed by atoms with Gasteiger partial charge in [-0.2, -0.15) is 0 Å². The molecule has 0 saturated carbocycles. The highest BCUT2D eigenvalue weighted by atomic mass is 16.6. The molecule has 1 heterocycles. The summed E-state index contributed by atoms with van der Waals surface area (Å²) < 4.78 is 9.39. The first-order chi connectivity index (χ1) is 12.1. The minimum absolute atomic E-state index is 0.0123. The highest BCUT2D eigenvalue weighted by molar-refractivity contribution is 5.74. The van der Waals surface area contributed by atoms with Crippen molar-refractivity contribution in [3.8, 4) is 0 Å². The molecule has 1 aromatic rings. The van der Waals surface area contributed by atoms with Crippen LogP contribution in [0.1, 0.15) is 12.0 Å². The summed E-state index contributed by atoms with van der Waals surface area (Å²) in [6.45, 7) is 0.972. The van der Waals surface area contributed by atoms with Gasteiger partial charge in [-0.1, -0.05) is 30.3 Å². The number of nitrogens with two attached hydrogens (primary N) is 1. The third-order valence-electron chi connectivity index (χ3n) is 4.28. The zero-order valence-electron chi connectivity index (χ0n) is 14.6. The monoisotopic (exact) mass is 352 g/mol. The number of carbonyl (C=O) groups is 2. The largest absolute Gasteiger partial charge is 0.452 e. The molecule has 1 fully saturated rings. The molecule has 0 aliphatic carbocycles. The molecule has 0 aromatic heterocycles. The van der Waals surface area contributed by atoms with E-state index in [1.165, 1.54) is 24.8 Å². The Morgan fingerprint density at radius 2 is 1.72 bits per heavy atom. The molecule has 1 aliphatic heterocycles. The Kier molecular flexibility index (Phi) is 7.03. The van der Waals surface area contributed by atoms with E-state index in [0.29, 0.717) is 0 Å². The lowest BCUT2D eigenvalue weighted by Crippen LogP contribution is -2.96. The van der Waals surface area contributed by atoms with Crippen LogP contribution in [0.25, 0.3) is 0 Å². The van der Waals surface area contributed by atoms with Crippen molar-refractivity contribution in [3.05, 3.63) is 35.9 Å². The molecule has 138 valence electrons. The molecule has 0 unspecified atom stereocenters. The van der Waals surface area contributed by atoms with E-state index in [0.717, 1.165) is 24.4 Å². The molecule has 0 radical (unpaired) electrons. The van der Waals surface area contributed by atoms with Crippen LogP contribution in [-0.4, -0.2) is 73.3 Å². The van der Waals surface area contributed by atoms with Crippen LogP contribution in [0.3, 0.4) is 0 Å². The summed E-state index contributed by atoms with van der Waals surface area (Å²) in [5.41, 5.74) is 1.27. The normalized spacial score (nSPS) is 20.3. The first-order valence-electron chi connectivity index (χ1n) is 8.33. The highest BCUT2D eigenvalue weighted by Crippen LogP contribution is 2.13. The number of rotatable bonds is 5. The number of hydrazine groups is 1. The summed E-state index contributed by atoms with van der Waals surface area (Å²) in [5, 5.41) is 14.6. The Balaban J connectivity index is 1.88. The molecule has 8 heteroatoms. The maximum atomic E-state index is 11.9. The summed E-state index contributed by atoms with van der Waals surface area (Å²) in [4.78, 5) is 23.7. The van der Waals surface area contributed by atoms with Crippen LogP contribution in [0.5, 0.6) is 0 Å². The fourth-order valence-corrected chi connectivity index (χ4v) is 2.90. The van der Waals surface area contributed by atoms with Crippen molar-refractivity contribution in [2.45, 2.75) is 25.0 Å². The fraction of sp³-hybridized carbons (Fsp3) is 0.529. The predicted octanol–water partition coefficient (Wildman–Crippen LogP) is -0.0225. The second kappa shape index (κ2) is 9.24. The lowest BCUT2D eigenvalue weighted by Gasteiger charge is -2.40. The number of methoxy groups -OCH3 is 2. The van der Waals surface area contributed by atoms with Gasteiger partial charge in [-0.15, -0.1) is 0 Å². The van der Waals surface area contributed by atoms with Gasteiger partial charge in [0.25, 0.3) is 0 Å². The number of β-amino-alcohol motifs (C(OH)–C–C–N with tert-alkyl or cyclic N) is 1. The molecule has 0 spiro atoms. The van der Waals surface area contributed by atoms with Crippen molar-refractivity contribution >= 4 is 12.2 Å². The summed E-state index contributed by atoms with van der Waals surface area (Å²) >= 11 is 0. The number of aliphatic hydroxyl groups is 1. The molecule has 8 nitrogen and oxygen atoms in total. The molecule has 1 aromatic carbocycles. The summed E-state index contributed by atoms with van der Waals surface area (Å²) in [5.74, 6) is 0. The van der Waals surface area contributed by atoms with E-state index >= 15 is 0 Å². The van der Waals surface area contributed by atoms with Gasteiger partial charge in [0, 0.05) is 6.42 Å². The van der Waals surface area contributed by atoms with E-state index in [4.69, 9.17) is 4.74 Å². The van der Waals surface area contributed by atoms with E-state index in [2.05, 4.69) is 16.9 Å². The number of ether oxygens (including phenoxy) is 2. The molecular weight excluding hydrogens is 326 g/mol. The molecule has 1 saturated heterocycles. The number of nitrogens with zero attached hydrogens (tertiary/aromatic N) is 2. The van der Waals surface area contributed by atoms with Gasteiger partial charge in [0.1, 0.15) is 18.7 Å². The Morgan fingerprint density at radius 3 is 2.32 bits per heavy atom. The molecule has 1 aliphatic rings. The van der Waals surface area contributed by atoms with Gasteiger partial charge in [-0.05, 0) is 12.0 Å². The minimum atomic E-state index is -0.753. The minimum Gasteiger partial charge on any atom is -0.452 e. The summed E-state index contributed by atoms with van der Waals surface area (Å²) in [7, 11) is 2.48. The van der Waals surface area contributed by atoms with Crippen LogP contribution in [0, 0.1) is 0 Å². The molecule has 3 N–H and O–H groups in total. The van der Waals surface area contributed by atoms with Crippen LogP contribution < -0.4 is 5.32 Å². The van der Waals surface area contributed by atoms with Crippen molar-refractivity contribution < 1.29 is 29.5 Å². The first kappa shape index (κ1) is 19.0. The van der Waals surface area contributed by atoms with Gasteiger partial charge in [-0.25, -0.2) is 19.6 Å². The number of hydrogen-bond donors (Lipinski definition) is 2. The third-order valence-corrected chi connectivity index (χ3v) is 4.28. The van der Waals surface area contributed by atoms with E-state index in [1.807, 2.05) is 23.5 Å². The Labute approximate surface area is 147 Å². The van der Waals surface area contributed by atoms with Gasteiger partial charge >= 0.3 is 12.2 Å². The Hall–Kier alpha value is -2.32. The predicted molar refractivity (Wildman–Crippen MR) is 89.6 cm³/mol. The number of amides is 2. The topological polar surface area (TPSA) is 95.9 Å². The lowest BCUT2D eigenvalue weighted by atomic mass is 10.1.